The van der Waals surface area contributed by atoms with Crippen molar-refractivity contribution in [1.82, 2.24) is 9.88 Å². The first-order valence-electron chi connectivity index (χ1n) is 9.36. The highest BCUT2D eigenvalue weighted by atomic mass is 35.5. The van der Waals surface area contributed by atoms with Gasteiger partial charge < -0.3 is 9.47 Å². The number of para-hydroxylation sites is 1. The number of anilines is 1. The molecule has 2 heterocycles. The molecule has 6 nitrogen and oxygen atoms in total. The minimum absolute atomic E-state index is 0. The van der Waals surface area contributed by atoms with Crippen LogP contribution >= 0.6 is 23.7 Å². The van der Waals surface area contributed by atoms with Crippen molar-refractivity contribution in [3.05, 3.63) is 54.1 Å². The number of thiazole rings is 1. The molecular weight excluding hydrogens is 410 g/mol. The molecule has 0 radical (unpaired) electrons. The topological polar surface area (TPSA) is 54.9 Å². The third-order valence-electron chi connectivity index (χ3n) is 4.84. The molecule has 0 N–H and O–H groups in total. The fourth-order valence-corrected chi connectivity index (χ4v) is 4.21. The van der Waals surface area contributed by atoms with Crippen LogP contribution < -0.4 is 9.64 Å². The second kappa shape index (κ2) is 10.0. The van der Waals surface area contributed by atoms with E-state index in [1.54, 1.807) is 35.5 Å². The highest BCUT2D eigenvalue weighted by Gasteiger charge is 2.22. The zero-order valence-corrected chi connectivity index (χ0v) is 17.9. The van der Waals surface area contributed by atoms with E-state index < -0.39 is 0 Å². The molecule has 1 aliphatic heterocycles. The number of halogens is 1. The minimum Gasteiger partial charge on any atom is -0.497 e. The van der Waals surface area contributed by atoms with Gasteiger partial charge in [-0.05, 0) is 36.4 Å². The zero-order chi connectivity index (χ0) is 19.3. The first-order valence-corrected chi connectivity index (χ1v) is 10.2. The number of nitrogens with zero attached hydrogens (tertiary/aromatic N) is 3. The molecule has 1 amide bonds. The molecular formula is C21H24ClN3O3S. The predicted molar refractivity (Wildman–Crippen MR) is 119 cm³/mol. The standard InChI is InChI=1S/C21H23N3O3S.ClH/c1-26-17-8-6-16(7-9-17)20(25)24(11-10-23-12-14-27-15-13-23)21-22-18-4-2-3-5-19(18)28-21;/h2-9H,10-15H2,1H3;1H. The van der Waals surface area contributed by atoms with E-state index in [0.29, 0.717) is 12.1 Å². The lowest BCUT2D eigenvalue weighted by atomic mass is 10.2. The summed E-state index contributed by atoms with van der Waals surface area (Å²) in [5.74, 6) is 0.686. The Hall–Kier alpha value is -2.19. The molecule has 1 fully saturated rings. The summed E-state index contributed by atoms with van der Waals surface area (Å²) in [6.45, 7) is 4.65. The van der Waals surface area contributed by atoms with Crippen LogP contribution in [0.3, 0.4) is 0 Å². The molecule has 0 unspecified atom stereocenters. The third kappa shape index (κ3) is 5.05. The number of hydrogen-bond donors (Lipinski definition) is 0. The van der Waals surface area contributed by atoms with Crippen LogP contribution in [-0.4, -0.2) is 62.3 Å². The number of hydrogen-bond acceptors (Lipinski definition) is 6. The smallest absolute Gasteiger partial charge is 0.260 e. The number of benzene rings is 2. The van der Waals surface area contributed by atoms with Gasteiger partial charge in [-0.25, -0.2) is 4.98 Å². The van der Waals surface area contributed by atoms with Crippen LogP contribution in [0.1, 0.15) is 10.4 Å². The van der Waals surface area contributed by atoms with E-state index in [1.165, 1.54) is 0 Å². The average Bonchev–Trinajstić information content (AvgIpc) is 3.18. The SMILES string of the molecule is COc1ccc(C(=O)N(CCN2CCOCC2)c2nc3ccccc3s2)cc1.Cl. The van der Waals surface area contributed by atoms with Crippen LogP contribution in [0.25, 0.3) is 10.2 Å². The molecule has 1 saturated heterocycles. The third-order valence-corrected chi connectivity index (χ3v) is 5.90. The molecule has 1 aromatic heterocycles. The van der Waals surface area contributed by atoms with E-state index in [0.717, 1.165) is 53.9 Å². The maximum absolute atomic E-state index is 13.3. The average molecular weight is 434 g/mol. The van der Waals surface area contributed by atoms with Gasteiger partial charge in [0.1, 0.15) is 5.75 Å². The lowest BCUT2D eigenvalue weighted by Gasteiger charge is -2.29. The molecule has 4 rings (SSSR count). The number of aromatic nitrogens is 1. The summed E-state index contributed by atoms with van der Waals surface area (Å²) in [7, 11) is 1.62. The van der Waals surface area contributed by atoms with E-state index in [-0.39, 0.29) is 18.3 Å². The molecule has 29 heavy (non-hydrogen) atoms. The molecule has 0 aliphatic carbocycles. The Morgan fingerprint density at radius 1 is 1.17 bits per heavy atom. The van der Waals surface area contributed by atoms with Gasteiger partial charge in [-0.2, -0.15) is 0 Å². The maximum atomic E-state index is 13.3. The molecule has 0 atom stereocenters. The molecule has 0 saturated carbocycles. The Morgan fingerprint density at radius 2 is 1.90 bits per heavy atom. The number of morpholine rings is 1. The lowest BCUT2D eigenvalue weighted by molar-refractivity contribution is 0.0391. The van der Waals surface area contributed by atoms with Gasteiger partial charge in [-0.1, -0.05) is 23.5 Å². The summed E-state index contributed by atoms with van der Waals surface area (Å²) in [5, 5.41) is 0.732. The molecule has 3 aromatic rings. The highest BCUT2D eigenvalue weighted by Crippen LogP contribution is 2.29. The van der Waals surface area contributed by atoms with Crippen LogP contribution in [0.4, 0.5) is 5.13 Å². The number of carbonyl (C=O) groups excluding carboxylic acids is 1. The number of carbonyl (C=O) groups is 1. The molecule has 2 aromatic carbocycles. The highest BCUT2D eigenvalue weighted by molar-refractivity contribution is 7.22. The van der Waals surface area contributed by atoms with Crippen LogP contribution in [0.15, 0.2) is 48.5 Å². The summed E-state index contributed by atoms with van der Waals surface area (Å²) in [6, 6.07) is 15.2. The number of amides is 1. The second-order valence-corrected chi connectivity index (χ2v) is 7.61. The summed E-state index contributed by atoms with van der Waals surface area (Å²) in [5.41, 5.74) is 1.54. The second-order valence-electron chi connectivity index (χ2n) is 6.60. The van der Waals surface area contributed by atoms with Crippen molar-refractivity contribution < 1.29 is 14.3 Å². The molecule has 1 aliphatic rings. The van der Waals surface area contributed by atoms with Gasteiger partial charge >= 0.3 is 0 Å². The quantitative estimate of drug-likeness (QED) is 0.593. The molecule has 0 bridgehead atoms. The number of ether oxygens (including phenoxy) is 2. The largest absolute Gasteiger partial charge is 0.497 e. The van der Waals surface area contributed by atoms with Crippen LogP contribution in [-0.2, 0) is 4.74 Å². The van der Waals surface area contributed by atoms with Gasteiger partial charge in [0, 0.05) is 31.7 Å². The van der Waals surface area contributed by atoms with Crippen LogP contribution in [0.2, 0.25) is 0 Å². The van der Waals surface area contributed by atoms with Gasteiger partial charge in [-0.15, -0.1) is 12.4 Å². The summed E-state index contributed by atoms with van der Waals surface area (Å²) in [6.07, 6.45) is 0. The zero-order valence-electron chi connectivity index (χ0n) is 16.2. The minimum atomic E-state index is -0.0463. The van der Waals surface area contributed by atoms with E-state index in [2.05, 4.69) is 4.90 Å². The Kier molecular flexibility index (Phi) is 7.44. The van der Waals surface area contributed by atoms with Crippen molar-refractivity contribution in [1.29, 1.82) is 0 Å². The van der Waals surface area contributed by atoms with Crippen molar-refractivity contribution in [3.63, 3.8) is 0 Å². The summed E-state index contributed by atoms with van der Waals surface area (Å²) < 4.78 is 11.7. The van der Waals surface area contributed by atoms with Crippen molar-refractivity contribution in [2.45, 2.75) is 0 Å². The Balaban J connectivity index is 0.00000240. The Bertz CT molecular complexity index is 909. The number of methoxy groups -OCH3 is 1. The van der Waals surface area contributed by atoms with E-state index >= 15 is 0 Å². The van der Waals surface area contributed by atoms with E-state index in [4.69, 9.17) is 14.5 Å². The van der Waals surface area contributed by atoms with Gasteiger partial charge in [0.25, 0.3) is 5.91 Å². The lowest BCUT2D eigenvalue weighted by Crippen LogP contribution is -2.43. The first kappa shape index (κ1) is 21.5. The summed E-state index contributed by atoms with van der Waals surface area (Å²) >= 11 is 1.55. The monoisotopic (exact) mass is 433 g/mol. The van der Waals surface area contributed by atoms with Crippen LogP contribution in [0.5, 0.6) is 5.75 Å². The Labute approximate surface area is 180 Å². The molecule has 0 spiro atoms. The van der Waals surface area contributed by atoms with Crippen molar-refractivity contribution in [2.75, 3.05) is 51.4 Å². The first-order chi connectivity index (χ1) is 13.7. The number of fused-ring (bicyclic) bond motifs is 1. The van der Waals surface area contributed by atoms with Gasteiger partial charge in [0.2, 0.25) is 0 Å². The summed E-state index contributed by atoms with van der Waals surface area (Å²) in [4.78, 5) is 22.1. The Morgan fingerprint density at radius 3 is 2.59 bits per heavy atom. The molecule has 8 heteroatoms. The van der Waals surface area contributed by atoms with E-state index in [9.17, 15) is 4.79 Å². The van der Waals surface area contributed by atoms with Gasteiger partial charge in [0.05, 0.1) is 30.5 Å². The fourth-order valence-electron chi connectivity index (χ4n) is 3.22. The van der Waals surface area contributed by atoms with Crippen molar-refractivity contribution in [2.24, 2.45) is 0 Å². The van der Waals surface area contributed by atoms with Gasteiger partial charge in [-0.3, -0.25) is 14.6 Å². The number of rotatable bonds is 6. The van der Waals surface area contributed by atoms with Crippen molar-refractivity contribution >= 4 is 45.0 Å². The maximum Gasteiger partial charge on any atom is 0.260 e. The van der Waals surface area contributed by atoms with Crippen LogP contribution in [0, 0.1) is 0 Å². The van der Waals surface area contributed by atoms with Gasteiger partial charge in [0.15, 0.2) is 5.13 Å². The van der Waals surface area contributed by atoms with Crippen molar-refractivity contribution in [3.8, 4) is 5.75 Å². The van der Waals surface area contributed by atoms with E-state index in [1.807, 2.05) is 36.4 Å². The fraction of sp³-hybridized carbons (Fsp3) is 0.333. The normalized spacial score (nSPS) is 14.4. The molecule has 154 valence electrons. The predicted octanol–water partition coefficient (Wildman–Crippen LogP) is 3.71.